The Kier molecular flexibility index (Phi) is 5.94. The molecule has 1 amide bonds. The van der Waals surface area contributed by atoms with E-state index in [4.69, 9.17) is 0 Å². The minimum Gasteiger partial charge on any atom is -0.337 e. The average molecular weight is 289 g/mol. The van der Waals surface area contributed by atoms with Crippen molar-refractivity contribution in [2.24, 2.45) is 5.92 Å². The molecule has 3 nitrogen and oxygen atoms in total. The van der Waals surface area contributed by atoms with Crippen molar-refractivity contribution in [2.75, 3.05) is 20.1 Å². The third-order valence-electron chi connectivity index (χ3n) is 3.47. The fourth-order valence-electron chi connectivity index (χ4n) is 2.46. The van der Waals surface area contributed by atoms with Gasteiger partial charge in [-0.1, -0.05) is 0 Å². The molecule has 1 aliphatic heterocycles. The second-order valence-corrected chi connectivity index (χ2v) is 4.94. The minimum atomic E-state index is -4.23. The number of nitrogens with one attached hydrogen (secondary N) is 1. The van der Waals surface area contributed by atoms with E-state index in [0.717, 1.165) is 0 Å². The highest BCUT2D eigenvalue weighted by Crippen LogP contribution is 2.44. The summed E-state index contributed by atoms with van der Waals surface area (Å²) in [6, 6.07) is 0. The lowest BCUT2D eigenvalue weighted by Crippen LogP contribution is -2.50. The van der Waals surface area contributed by atoms with Gasteiger partial charge in [-0.15, -0.1) is 12.4 Å². The molecule has 1 atom stereocenters. The highest BCUT2D eigenvalue weighted by atomic mass is 35.5. The first-order chi connectivity index (χ1) is 7.71. The van der Waals surface area contributed by atoms with E-state index in [1.54, 1.807) is 7.05 Å². The number of nitrogens with zero attached hydrogens (tertiary/aromatic N) is 1. The molecule has 1 aliphatic rings. The lowest BCUT2D eigenvalue weighted by atomic mass is 9.88. The maximum Gasteiger partial charge on any atom is 0.394 e. The quantitative estimate of drug-likeness (QED) is 0.863. The molecule has 0 aromatic heterocycles. The van der Waals surface area contributed by atoms with Gasteiger partial charge in [0.2, 0.25) is 5.91 Å². The van der Waals surface area contributed by atoms with E-state index in [0.29, 0.717) is 6.54 Å². The summed E-state index contributed by atoms with van der Waals surface area (Å²) in [6.07, 6.45) is -3.99. The fraction of sp³-hybridized carbons (Fsp3) is 0.909. The standard InChI is InChI=1S/C11H19F3N2O.ClH/c1-10(2)8(11(12,13)14)5-7-16(10)9(17)4-6-15-3;/h8,15H,4-7H2,1-3H3;1H. The van der Waals surface area contributed by atoms with Crippen LogP contribution in [0.2, 0.25) is 0 Å². The van der Waals surface area contributed by atoms with E-state index in [1.165, 1.54) is 18.7 Å². The summed E-state index contributed by atoms with van der Waals surface area (Å²) in [4.78, 5) is 13.2. The van der Waals surface area contributed by atoms with Crippen molar-refractivity contribution in [3.8, 4) is 0 Å². The lowest BCUT2D eigenvalue weighted by molar-refractivity contribution is -0.192. The normalized spacial score (nSPS) is 22.8. The SMILES string of the molecule is CNCCC(=O)N1CCC(C(F)(F)F)C1(C)C.Cl. The van der Waals surface area contributed by atoms with Gasteiger partial charge in [0, 0.05) is 25.0 Å². The summed E-state index contributed by atoms with van der Waals surface area (Å²) >= 11 is 0. The Morgan fingerprint density at radius 3 is 2.39 bits per heavy atom. The number of alkyl halides is 3. The van der Waals surface area contributed by atoms with Gasteiger partial charge in [-0.3, -0.25) is 4.79 Å². The summed E-state index contributed by atoms with van der Waals surface area (Å²) < 4.78 is 38.4. The molecule has 1 heterocycles. The number of rotatable bonds is 3. The van der Waals surface area contributed by atoms with Crippen molar-refractivity contribution in [2.45, 2.75) is 38.4 Å². The maximum absolute atomic E-state index is 12.8. The number of halogens is 4. The van der Waals surface area contributed by atoms with Gasteiger partial charge in [-0.05, 0) is 27.3 Å². The highest BCUT2D eigenvalue weighted by Gasteiger charge is 2.55. The van der Waals surface area contributed by atoms with Gasteiger partial charge >= 0.3 is 6.18 Å². The summed E-state index contributed by atoms with van der Waals surface area (Å²) in [7, 11) is 1.71. The zero-order chi connectivity index (χ0) is 13.3. The zero-order valence-electron chi connectivity index (χ0n) is 10.8. The van der Waals surface area contributed by atoms with Gasteiger partial charge in [0.05, 0.1) is 5.92 Å². The first-order valence-electron chi connectivity index (χ1n) is 5.73. The number of hydrogen-bond donors (Lipinski definition) is 1. The zero-order valence-corrected chi connectivity index (χ0v) is 11.6. The summed E-state index contributed by atoms with van der Waals surface area (Å²) in [5.74, 6) is -1.63. The molecule has 1 unspecified atom stereocenters. The third-order valence-corrected chi connectivity index (χ3v) is 3.47. The van der Waals surface area contributed by atoms with Crippen LogP contribution in [0.1, 0.15) is 26.7 Å². The van der Waals surface area contributed by atoms with Gasteiger partial charge in [0.1, 0.15) is 0 Å². The van der Waals surface area contributed by atoms with Crippen LogP contribution in [-0.2, 0) is 4.79 Å². The summed E-state index contributed by atoms with van der Waals surface area (Å²) in [5.41, 5.74) is -1.14. The van der Waals surface area contributed by atoms with Crippen LogP contribution in [0.3, 0.4) is 0 Å². The van der Waals surface area contributed by atoms with E-state index < -0.39 is 17.6 Å². The van der Waals surface area contributed by atoms with Crippen LogP contribution in [0, 0.1) is 5.92 Å². The van der Waals surface area contributed by atoms with Crippen LogP contribution in [0.15, 0.2) is 0 Å². The van der Waals surface area contributed by atoms with E-state index in [1.807, 2.05) is 0 Å². The minimum absolute atomic E-state index is 0. The predicted octanol–water partition coefficient (Wildman–Crippen LogP) is 2.21. The Labute approximate surface area is 112 Å². The number of amides is 1. The first-order valence-corrected chi connectivity index (χ1v) is 5.73. The Hall–Kier alpha value is -0.490. The van der Waals surface area contributed by atoms with Crippen LogP contribution < -0.4 is 5.32 Å². The first kappa shape index (κ1) is 17.5. The van der Waals surface area contributed by atoms with Crippen LogP contribution in [-0.4, -0.2) is 42.7 Å². The molecule has 0 aromatic rings. The number of carbonyl (C=O) groups excluding carboxylic acids is 1. The average Bonchev–Trinajstić information content (AvgIpc) is 2.49. The van der Waals surface area contributed by atoms with Crippen molar-refractivity contribution in [1.82, 2.24) is 10.2 Å². The van der Waals surface area contributed by atoms with Gasteiger partial charge in [-0.2, -0.15) is 13.2 Å². The van der Waals surface area contributed by atoms with Crippen LogP contribution >= 0.6 is 12.4 Å². The second kappa shape index (κ2) is 6.10. The number of hydrogen-bond acceptors (Lipinski definition) is 2. The molecule has 108 valence electrons. The molecular formula is C11H20ClF3N2O. The van der Waals surface area contributed by atoms with Gasteiger partial charge in [0.15, 0.2) is 0 Å². The Morgan fingerprint density at radius 2 is 2.00 bits per heavy atom. The molecule has 18 heavy (non-hydrogen) atoms. The van der Waals surface area contributed by atoms with Gasteiger partial charge < -0.3 is 10.2 Å². The second-order valence-electron chi connectivity index (χ2n) is 4.94. The number of likely N-dealkylation sites (tertiary alicyclic amines) is 1. The Bertz CT molecular complexity index is 295. The Morgan fingerprint density at radius 1 is 1.44 bits per heavy atom. The molecule has 1 fully saturated rings. The molecular weight excluding hydrogens is 269 g/mol. The van der Waals surface area contributed by atoms with Crippen LogP contribution in [0.4, 0.5) is 13.2 Å². The smallest absolute Gasteiger partial charge is 0.337 e. The fourth-order valence-corrected chi connectivity index (χ4v) is 2.46. The Balaban J connectivity index is 0.00000289. The monoisotopic (exact) mass is 288 g/mol. The molecule has 0 spiro atoms. The van der Waals surface area contributed by atoms with Crippen LogP contribution in [0.25, 0.3) is 0 Å². The van der Waals surface area contributed by atoms with Crippen molar-refractivity contribution in [3.05, 3.63) is 0 Å². The predicted molar refractivity (Wildman–Crippen MR) is 65.7 cm³/mol. The lowest BCUT2D eigenvalue weighted by Gasteiger charge is -2.36. The van der Waals surface area contributed by atoms with E-state index in [9.17, 15) is 18.0 Å². The molecule has 0 saturated carbocycles. The molecule has 1 N–H and O–H groups in total. The molecule has 0 radical (unpaired) electrons. The summed E-state index contributed by atoms with van der Waals surface area (Å²) in [6.45, 7) is 3.67. The molecule has 1 saturated heterocycles. The molecule has 0 aromatic carbocycles. The van der Waals surface area contributed by atoms with Crippen molar-refractivity contribution in [3.63, 3.8) is 0 Å². The highest BCUT2D eigenvalue weighted by molar-refractivity contribution is 5.85. The topological polar surface area (TPSA) is 32.3 Å². The molecule has 7 heteroatoms. The van der Waals surface area contributed by atoms with Crippen molar-refractivity contribution < 1.29 is 18.0 Å². The molecule has 1 rings (SSSR count). The van der Waals surface area contributed by atoms with Crippen molar-refractivity contribution >= 4 is 18.3 Å². The number of carbonyl (C=O) groups is 1. The van der Waals surface area contributed by atoms with Crippen molar-refractivity contribution in [1.29, 1.82) is 0 Å². The van der Waals surface area contributed by atoms with E-state index in [-0.39, 0.29) is 37.7 Å². The van der Waals surface area contributed by atoms with Gasteiger partial charge in [-0.25, -0.2) is 0 Å². The third kappa shape index (κ3) is 3.51. The van der Waals surface area contributed by atoms with Gasteiger partial charge in [0.25, 0.3) is 0 Å². The molecule has 0 aliphatic carbocycles. The largest absolute Gasteiger partial charge is 0.394 e. The van der Waals surface area contributed by atoms with E-state index >= 15 is 0 Å². The van der Waals surface area contributed by atoms with Crippen LogP contribution in [0.5, 0.6) is 0 Å². The summed E-state index contributed by atoms with van der Waals surface area (Å²) in [5, 5.41) is 2.82. The molecule has 0 bridgehead atoms. The maximum atomic E-state index is 12.8. The van der Waals surface area contributed by atoms with E-state index in [2.05, 4.69) is 5.32 Å².